The van der Waals surface area contributed by atoms with Gasteiger partial charge in [0, 0.05) is 11.1 Å². The maximum atomic E-state index is 12.5. The lowest BCUT2D eigenvalue weighted by atomic mass is 10.0. The van der Waals surface area contributed by atoms with E-state index in [1.807, 2.05) is 0 Å². The van der Waals surface area contributed by atoms with Crippen molar-refractivity contribution in [1.29, 1.82) is 0 Å². The first-order valence-corrected chi connectivity index (χ1v) is 5.57. The van der Waals surface area contributed by atoms with Gasteiger partial charge in [0.05, 0.1) is 7.11 Å². The summed E-state index contributed by atoms with van der Waals surface area (Å²) in [6.07, 6.45) is -4.79. The average molecular weight is 302 g/mol. The van der Waals surface area contributed by atoms with Crippen molar-refractivity contribution >= 4 is 5.78 Å². The molecule has 0 aliphatic rings. The van der Waals surface area contributed by atoms with Gasteiger partial charge in [-0.1, -0.05) is 5.16 Å². The SMILES string of the molecule is COc1cc(-c2noc(C(F)(F)F)n2)c(C(C)=O)cc1O. The van der Waals surface area contributed by atoms with Gasteiger partial charge in [-0.2, -0.15) is 18.2 Å². The molecule has 0 bridgehead atoms. The Bertz CT molecular complexity index is 694. The molecule has 0 atom stereocenters. The third kappa shape index (κ3) is 2.81. The summed E-state index contributed by atoms with van der Waals surface area (Å²) in [7, 11) is 1.25. The molecule has 21 heavy (non-hydrogen) atoms. The van der Waals surface area contributed by atoms with Crippen LogP contribution in [0.25, 0.3) is 11.4 Å². The summed E-state index contributed by atoms with van der Waals surface area (Å²) in [5.74, 6) is -2.80. The third-order valence-corrected chi connectivity index (χ3v) is 2.61. The van der Waals surface area contributed by atoms with Gasteiger partial charge < -0.3 is 14.4 Å². The number of rotatable bonds is 3. The van der Waals surface area contributed by atoms with Crippen molar-refractivity contribution in [2.45, 2.75) is 13.1 Å². The van der Waals surface area contributed by atoms with Gasteiger partial charge in [0.25, 0.3) is 0 Å². The second-order valence-corrected chi connectivity index (χ2v) is 4.05. The number of nitrogens with zero attached hydrogens (tertiary/aromatic N) is 2. The van der Waals surface area contributed by atoms with Crippen molar-refractivity contribution in [3.8, 4) is 22.9 Å². The molecule has 112 valence electrons. The maximum absolute atomic E-state index is 12.5. The zero-order valence-electron chi connectivity index (χ0n) is 10.9. The van der Waals surface area contributed by atoms with E-state index in [2.05, 4.69) is 14.7 Å². The Balaban J connectivity index is 2.61. The molecule has 0 aliphatic heterocycles. The molecule has 9 heteroatoms. The summed E-state index contributed by atoms with van der Waals surface area (Å²) in [4.78, 5) is 14.7. The summed E-state index contributed by atoms with van der Waals surface area (Å²) < 4.78 is 46.3. The highest BCUT2D eigenvalue weighted by atomic mass is 19.4. The fourth-order valence-electron chi connectivity index (χ4n) is 1.66. The molecule has 1 N–H and O–H groups in total. The number of carbonyl (C=O) groups is 1. The van der Waals surface area contributed by atoms with Gasteiger partial charge in [-0.3, -0.25) is 4.79 Å². The van der Waals surface area contributed by atoms with Crippen molar-refractivity contribution in [2.24, 2.45) is 0 Å². The average Bonchev–Trinajstić information content (AvgIpc) is 2.87. The van der Waals surface area contributed by atoms with E-state index >= 15 is 0 Å². The molecule has 1 aromatic carbocycles. The van der Waals surface area contributed by atoms with Crippen LogP contribution in [-0.2, 0) is 6.18 Å². The molecular formula is C12H9F3N2O4. The summed E-state index contributed by atoms with van der Waals surface area (Å²) in [5, 5.41) is 12.8. The molecule has 6 nitrogen and oxygen atoms in total. The summed E-state index contributed by atoms with van der Waals surface area (Å²) in [6.45, 7) is 1.19. The number of phenolic OH excluding ortho intramolecular Hbond substituents is 1. The number of ether oxygens (including phenoxy) is 1. The number of alkyl halides is 3. The van der Waals surface area contributed by atoms with Crippen LogP contribution < -0.4 is 4.74 Å². The second-order valence-electron chi connectivity index (χ2n) is 4.05. The lowest BCUT2D eigenvalue weighted by Gasteiger charge is -2.08. The number of carbonyl (C=O) groups excluding carboxylic acids is 1. The number of benzene rings is 1. The van der Waals surface area contributed by atoms with Crippen molar-refractivity contribution in [3.63, 3.8) is 0 Å². The van der Waals surface area contributed by atoms with E-state index in [9.17, 15) is 23.1 Å². The van der Waals surface area contributed by atoms with E-state index in [4.69, 9.17) is 4.74 Å². The second kappa shape index (κ2) is 5.08. The minimum absolute atomic E-state index is 0.0311. The van der Waals surface area contributed by atoms with Crippen LogP contribution in [-0.4, -0.2) is 28.1 Å². The number of aromatic nitrogens is 2. The van der Waals surface area contributed by atoms with Crippen LogP contribution in [0.4, 0.5) is 13.2 Å². The van der Waals surface area contributed by atoms with E-state index in [-0.39, 0.29) is 22.6 Å². The van der Waals surface area contributed by atoms with Gasteiger partial charge >= 0.3 is 12.1 Å². The normalized spacial score (nSPS) is 11.5. The summed E-state index contributed by atoms with van der Waals surface area (Å²) in [5.41, 5.74) is -0.0841. The third-order valence-electron chi connectivity index (χ3n) is 2.61. The standard InChI is InChI=1S/C12H9F3N2O4/c1-5(18)6-3-8(19)9(20-2)4-7(6)10-16-11(21-17-10)12(13,14)15/h3-4,19H,1-2H3. The van der Waals surface area contributed by atoms with Gasteiger partial charge in [-0.15, -0.1) is 0 Å². The van der Waals surface area contributed by atoms with Crippen LogP contribution in [0.5, 0.6) is 11.5 Å². The smallest absolute Gasteiger partial charge is 0.471 e. The largest absolute Gasteiger partial charge is 0.504 e. The molecule has 2 rings (SSSR count). The molecule has 0 radical (unpaired) electrons. The van der Waals surface area contributed by atoms with E-state index in [0.29, 0.717) is 0 Å². The number of aromatic hydroxyl groups is 1. The molecule has 0 fully saturated rings. The van der Waals surface area contributed by atoms with Gasteiger partial charge in [-0.05, 0) is 19.1 Å². The molecular weight excluding hydrogens is 293 g/mol. The number of methoxy groups -OCH3 is 1. The number of ketones is 1. The Labute approximate surface area is 116 Å². The maximum Gasteiger partial charge on any atom is 0.471 e. The van der Waals surface area contributed by atoms with Gasteiger partial charge in [0.15, 0.2) is 17.3 Å². The van der Waals surface area contributed by atoms with E-state index in [1.54, 1.807) is 0 Å². The molecule has 0 saturated carbocycles. The van der Waals surface area contributed by atoms with Crippen molar-refractivity contribution in [3.05, 3.63) is 23.6 Å². The number of Topliss-reactive ketones (excluding diaryl/α,β-unsaturated/α-hetero) is 1. The van der Waals surface area contributed by atoms with Crippen LogP contribution in [0.1, 0.15) is 23.2 Å². The first kappa shape index (κ1) is 14.8. The fraction of sp³-hybridized carbons (Fsp3) is 0.250. The Morgan fingerprint density at radius 2 is 2.05 bits per heavy atom. The fourth-order valence-corrected chi connectivity index (χ4v) is 1.66. The Morgan fingerprint density at radius 3 is 2.52 bits per heavy atom. The highest BCUT2D eigenvalue weighted by Crippen LogP contribution is 2.35. The lowest BCUT2D eigenvalue weighted by Crippen LogP contribution is -2.05. The van der Waals surface area contributed by atoms with Crippen molar-refractivity contribution in [1.82, 2.24) is 10.1 Å². The molecule has 0 saturated heterocycles. The van der Waals surface area contributed by atoms with Crippen LogP contribution in [0.15, 0.2) is 16.7 Å². The monoisotopic (exact) mass is 302 g/mol. The molecule has 0 unspecified atom stereocenters. The van der Waals surface area contributed by atoms with Gasteiger partial charge in [0.2, 0.25) is 5.82 Å². The van der Waals surface area contributed by atoms with E-state index in [1.165, 1.54) is 14.0 Å². The van der Waals surface area contributed by atoms with Crippen molar-refractivity contribution in [2.75, 3.05) is 7.11 Å². The number of halogens is 3. The zero-order valence-corrected chi connectivity index (χ0v) is 10.9. The lowest BCUT2D eigenvalue weighted by molar-refractivity contribution is -0.159. The Morgan fingerprint density at radius 1 is 1.38 bits per heavy atom. The van der Waals surface area contributed by atoms with E-state index in [0.717, 1.165) is 12.1 Å². The topological polar surface area (TPSA) is 85.5 Å². The van der Waals surface area contributed by atoms with Crippen LogP contribution >= 0.6 is 0 Å². The van der Waals surface area contributed by atoms with Crippen molar-refractivity contribution < 1.29 is 32.3 Å². The van der Waals surface area contributed by atoms with Crippen LogP contribution in [0.3, 0.4) is 0 Å². The molecule has 0 aliphatic carbocycles. The predicted molar refractivity (Wildman–Crippen MR) is 63.0 cm³/mol. The number of hydrogen-bond acceptors (Lipinski definition) is 6. The minimum Gasteiger partial charge on any atom is -0.504 e. The molecule has 1 heterocycles. The van der Waals surface area contributed by atoms with Crippen LogP contribution in [0, 0.1) is 0 Å². The molecule has 0 amide bonds. The zero-order chi connectivity index (χ0) is 15.8. The summed E-state index contributed by atoms with van der Waals surface area (Å²) >= 11 is 0. The first-order chi connectivity index (χ1) is 9.74. The predicted octanol–water partition coefficient (Wildman–Crippen LogP) is 2.67. The first-order valence-electron chi connectivity index (χ1n) is 5.57. The Hall–Kier alpha value is -2.58. The molecule has 0 spiro atoms. The highest BCUT2D eigenvalue weighted by Gasteiger charge is 2.38. The number of hydrogen-bond donors (Lipinski definition) is 1. The quantitative estimate of drug-likeness (QED) is 0.877. The highest BCUT2D eigenvalue weighted by molar-refractivity contribution is 6.01. The summed E-state index contributed by atoms with van der Waals surface area (Å²) in [6, 6.07) is 2.23. The Kier molecular flexibility index (Phi) is 3.58. The minimum atomic E-state index is -4.79. The van der Waals surface area contributed by atoms with E-state index < -0.39 is 23.7 Å². The van der Waals surface area contributed by atoms with Crippen LogP contribution in [0.2, 0.25) is 0 Å². The number of phenols is 1. The molecule has 1 aromatic heterocycles. The molecule has 2 aromatic rings. The van der Waals surface area contributed by atoms with Gasteiger partial charge in [-0.25, -0.2) is 0 Å². The van der Waals surface area contributed by atoms with Gasteiger partial charge in [0.1, 0.15) is 0 Å².